The minimum Gasteiger partial charge on any atom is -0.396 e. The van der Waals surface area contributed by atoms with E-state index in [2.05, 4.69) is 4.90 Å². The van der Waals surface area contributed by atoms with E-state index >= 15 is 0 Å². The summed E-state index contributed by atoms with van der Waals surface area (Å²) in [5.41, 5.74) is 0. The molecule has 1 saturated carbocycles. The van der Waals surface area contributed by atoms with Crippen LogP contribution >= 0.6 is 0 Å². The minimum absolute atomic E-state index is 0.229. The molecule has 0 radical (unpaired) electrons. The molecule has 1 N–H and O–H groups in total. The first-order chi connectivity index (χ1) is 10.3. The second kappa shape index (κ2) is 7.10. The number of rotatable bonds is 4. The Morgan fingerprint density at radius 1 is 0.952 bits per heavy atom. The van der Waals surface area contributed by atoms with E-state index in [1.807, 2.05) is 4.90 Å². The van der Waals surface area contributed by atoms with E-state index in [1.54, 1.807) is 0 Å². The number of carbonyl (C=O) groups excluding carboxylic acids is 1. The van der Waals surface area contributed by atoms with Gasteiger partial charge in [-0.15, -0.1) is 0 Å². The van der Waals surface area contributed by atoms with Crippen LogP contribution in [0, 0.1) is 17.8 Å². The fraction of sp³-hybridized carbons (Fsp3) is 0.941. The normalized spacial score (nSPS) is 32.0. The van der Waals surface area contributed by atoms with Crippen LogP contribution in [0.1, 0.15) is 44.9 Å². The van der Waals surface area contributed by atoms with Crippen molar-refractivity contribution in [3.63, 3.8) is 0 Å². The zero-order chi connectivity index (χ0) is 14.7. The van der Waals surface area contributed by atoms with E-state index in [0.29, 0.717) is 17.7 Å². The highest BCUT2D eigenvalue weighted by atomic mass is 16.3. The van der Waals surface area contributed by atoms with Crippen LogP contribution in [0.25, 0.3) is 0 Å². The molecular weight excluding hydrogens is 264 g/mol. The van der Waals surface area contributed by atoms with Crippen molar-refractivity contribution in [3.8, 4) is 0 Å². The van der Waals surface area contributed by atoms with Gasteiger partial charge in [0.25, 0.3) is 0 Å². The van der Waals surface area contributed by atoms with Crippen LogP contribution in [0.5, 0.6) is 0 Å². The first kappa shape index (κ1) is 15.3. The van der Waals surface area contributed by atoms with Crippen molar-refractivity contribution in [1.29, 1.82) is 0 Å². The van der Waals surface area contributed by atoms with Crippen molar-refractivity contribution in [1.82, 2.24) is 9.80 Å². The zero-order valence-electron chi connectivity index (χ0n) is 13.2. The molecule has 4 nitrogen and oxygen atoms in total. The Bertz CT molecular complexity index is 349. The molecule has 3 rings (SSSR count). The minimum atomic E-state index is 0.229. The van der Waals surface area contributed by atoms with Crippen molar-refractivity contribution in [2.75, 3.05) is 39.3 Å². The van der Waals surface area contributed by atoms with Gasteiger partial charge in [0.1, 0.15) is 0 Å². The van der Waals surface area contributed by atoms with E-state index in [-0.39, 0.29) is 12.5 Å². The fourth-order valence-corrected chi connectivity index (χ4v) is 4.10. The van der Waals surface area contributed by atoms with Gasteiger partial charge in [-0.3, -0.25) is 4.79 Å². The Morgan fingerprint density at radius 2 is 1.62 bits per heavy atom. The third-order valence-electron chi connectivity index (χ3n) is 5.77. The summed E-state index contributed by atoms with van der Waals surface area (Å²) in [7, 11) is 0. The smallest absolute Gasteiger partial charge is 0.225 e. The standard InChI is InChI=1S/C17H30N2O2/c20-13-16-12-19(17(21)14-6-5-7-14)11-15(16)10-18-8-3-1-2-4-9-18/h14-16,20H,1-13H2/t15-,16-/m1/s1. The van der Waals surface area contributed by atoms with Gasteiger partial charge in [0, 0.05) is 38.1 Å². The first-order valence-corrected chi connectivity index (χ1v) is 8.90. The third kappa shape index (κ3) is 3.59. The Hall–Kier alpha value is -0.610. The molecule has 2 saturated heterocycles. The highest BCUT2D eigenvalue weighted by Gasteiger charge is 2.39. The van der Waals surface area contributed by atoms with E-state index in [4.69, 9.17) is 0 Å². The molecule has 0 unspecified atom stereocenters. The number of hydrogen-bond donors (Lipinski definition) is 1. The summed E-state index contributed by atoms with van der Waals surface area (Å²) in [5.74, 6) is 1.41. The van der Waals surface area contributed by atoms with Crippen LogP contribution < -0.4 is 0 Å². The Morgan fingerprint density at radius 3 is 2.19 bits per heavy atom. The van der Waals surface area contributed by atoms with E-state index in [0.717, 1.165) is 32.5 Å². The number of hydrogen-bond acceptors (Lipinski definition) is 3. The van der Waals surface area contributed by atoms with Crippen LogP contribution in [0.2, 0.25) is 0 Å². The highest BCUT2D eigenvalue weighted by molar-refractivity contribution is 5.79. The Balaban J connectivity index is 1.54. The summed E-state index contributed by atoms with van der Waals surface area (Å²) in [6, 6.07) is 0. The third-order valence-corrected chi connectivity index (χ3v) is 5.77. The Kier molecular flexibility index (Phi) is 5.17. The summed E-state index contributed by atoms with van der Waals surface area (Å²) in [6.45, 7) is 5.35. The maximum absolute atomic E-state index is 12.4. The summed E-state index contributed by atoms with van der Waals surface area (Å²) in [4.78, 5) is 17.0. The lowest BCUT2D eigenvalue weighted by molar-refractivity contribution is -0.137. The molecule has 1 amide bonds. The van der Waals surface area contributed by atoms with Gasteiger partial charge in [-0.1, -0.05) is 19.3 Å². The number of aliphatic hydroxyl groups excluding tert-OH is 1. The Labute approximate surface area is 128 Å². The molecule has 21 heavy (non-hydrogen) atoms. The lowest BCUT2D eigenvalue weighted by Gasteiger charge is -2.29. The van der Waals surface area contributed by atoms with E-state index < -0.39 is 0 Å². The van der Waals surface area contributed by atoms with Crippen LogP contribution in [-0.4, -0.2) is 60.1 Å². The first-order valence-electron chi connectivity index (χ1n) is 8.90. The maximum Gasteiger partial charge on any atom is 0.225 e. The monoisotopic (exact) mass is 294 g/mol. The molecule has 3 aliphatic rings. The van der Waals surface area contributed by atoms with Gasteiger partial charge in [-0.25, -0.2) is 0 Å². The predicted molar refractivity (Wildman–Crippen MR) is 82.9 cm³/mol. The van der Waals surface area contributed by atoms with Gasteiger partial charge in [0.05, 0.1) is 0 Å². The highest BCUT2D eigenvalue weighted by Crippen LogP contribution is 2.32. The number of carbonyl (C=O) groups is 1. The second-order valence-electron chi connectivity index (χ2n) is 7.29. The van der Waals surface area contributed by atoms with E-state index in [9.17, 15) is 9.90 Å². The van der Waals surface area contributed by atoms with Crippen LogP contribution in [-0.2, 0) is 4.79 Å². The van der Waals surface area contributed by atoms with Crippen LogP contribution in [0.3, 0.4) is 0 Å². The zero-order valence-corrected chi connectivity index (χ0v) is 13.2. The van der Waals surface area contributed by atoms with Crippen molar-refractivity contribution in [2.45, 2.75) is 44.9 Å². The summed E-state index contributed by atoms with van der Waals surface area (Å²) < 4.78 is 0. The lowest BCUT2D eigenvalue weighted by Crippen LogP contribution is -2.38. The van der Waals surface area contributed by atoms with Crippen molar-refractivity contribution < 1.29 is 9.90 Å². The molecule has 2 heterocycles. The van der Waals surface area contributed by atoms with Gasteiger partial charge in [-0.05, 0) is 44.7 Å². The molecule has 0 spiro atoms. The molecule has 1 aliphatic carbocycles. The van der Waals surface area contributed by atoms with Gasteiger partial charge >= 0.3 is 0 Å². The SMILES string of the molecule is O=C(C1CCC1)N1C[C@@H](CN2CCCCCC2)[C@@H](CO)C1. The summed E-state index contributed by atoms with van der Waals surface area (Å²) in [5, 5.41) is 9.67. The van der Waals surface area contributed by atoms with Crippen molar-refractivity contribution in [3.05, 3.63) is 0 Å². The molecule has 0 aromatic rings. The summed E-state index contributed by atoms with van der Waals surface area (Å²) >= 11 is 0. The molecule has 2 atom stereocenters. The molecule has 2 aliphatic heterocycles. The molecule has 4 heteroatoms. The van der Waals surface area contributed by atoms with Crippen molar-refractivity contribution >= 4 is 5.91 Å². The van der Waals surface area contributed by atoms with E-state index in [1.165, 1.54) is 45.2 Å². The number of amides is 1. The quantitative estimate of drug-likeness (QED) is 0.859. The van der Waals surface area contributed by atoms with Gasteiger partial charge in [0.2, 0.25) is 5.91 Å². The lowest BCUT2D eigenvalue weighted by atomic mass is 9.84. The molecular formula is C17H30N2O2. The molecule has 0 aromatic carbocycles. The molecule has 0 bridgehead atoms. The molecule has 120 valence electrons. The summed E-state index contributed by atoms with van der Waals surface area (Å²) in [6.07, 6.45) is 8.70. The van der Waals surface area contributed by atoms with Gasteiger partial charge in [0.15, 0.2) is 0 Å². The maximum atomic E-state index is 12.4. The number of likely N-dealkylation sites (tertiary alicyclic amines) is 2. The fourth-order valence-electron chi connectivity index (χ4n) is 4.10. The largest absolute Gasteiger partial charge is 0.396 e. The average molecular weight is 294 g/mol. The number of nitrogens with zero attached hydrogens (tertiary/aromatic N) is 2. The van der Waals surface area contributed by atoms with Crippen molar-refractivity contribution in [2.24, 2.45) is 17.8 Å². The molecule has 3 fully saturated rings. The molecule has 0 aromatic heterocycles. The average Bonchev–Trinajstić information content (AvgIpc) is 2.64. The topological polar surface area (TPSA) is 43.8 Å². The van der Waals surface area contributed by atoms with Gasteiger partial charge < -0.3 is 14.9 Å². The van der Waals surface area contributed by atoms with Crippen LogP contribution in [0.4, 0.5) is 0 Å². The second-order valence-corrected chi connectivity index (χ2v) is 7.29. The number of aliphatic hydroxyl groups is 1. The predicted octanol–water partition coefficient (Wildman–Crippen LogP) is 1.73. The van der Waals surface area contributed by atoms with Gasteiger partial charge in [-0.2, -0.15) is 0 Å². The van der Waals surface area contributed by atoms with Crippen LogP contribution in [0.15, 0.2) is 0 Å².